The number of esters is 1. The Morgan fingerprint density at radius 1 is 1.13 bits per heavy atom. The van der Waals surface area contributed by atoms with E-state index in [9.17, 15) is 9.59 Å². The molecule has 0 spiro atoms. The Balaban J connectivity index is 1.63. The highest BCUT2D eigenvalue weighted by Gasteiger charge is 2.19. The molecule has 1 amide bonds. The van der Waals surface area contributed by atoms with Crippen LogP contribution < -0.4 is 14.4 Å². The van der Waals surface area contributed by atoms with Crippen LogP contribution in [0.15, 0.2) is 48.5 Å². The molecule has 156 valence electrons. The molecule has 7 nitrogen and oxygen atoms in total. The summed E-state index contributed by atoms with van der Waals surface area (Å²) in [4.78, 5) is 30.7. The third-order valence-electron chi connectivity index (χ3n) is 4.30. The fraction of sp³-hybridized carbons (Fsp3) is 0.227. The van der Waals surface area contributed by atoms with Crippen LogP contribution in [0.3, 0.4) is 0 Å². The fourth-order valence-electron chi connectivity index (χ4n) is 2.78. The maximum atomic E-state index is 12.6. The second-order valence-corrected chi connectivity index (χ2v) is 7.16. The number of thiazole rings is 1. The van der Waals surface area contributed by atoms with Crippen molar-refractivity contribution in [2.75, 3.05) is 32.3 Å². The third kappa shape index (κ3) is 4.96. The molecule has 0 unspecified atom stereocenters. The number of methoxy groups -OCH3 is 2. The summed E-state index contributed by atoms with van der Waals surface area (Å²) in [5.41, 5.74) is 1.49. The van der Waals surface area contributed by atoms with Crippen molar-refractivity contribution < 1.29 is 23.8 Å². The molecule has 3 aromatic rings. The highest BCUT2D eigenvalue weighted by Crippen LogP contribution is 2.28. The van der Waals surface area contributed by atoms with E-state index in [4.69, 9.17) is 14.2 Å². The summed E-state index contributed by atoms with van der Waals surface area (Å²) >= 11 is 1.42. The van der Waals surface area contributed by atoms with Crippen molar-refractivity contribution in [2.45, 2.75) is 6.92 Å². The first-order chi connectivity index (χ1) is 14.5. The maximum absolute atomic E-state index is 12.6. The number of para-hydroxylation sites is 1. The van der Waals surface area contributed by atoms with Crippen LogP contribution >= 0.6 is 11.3 Å². The monoisotopic (exact) mass is 426 g/mol. The molecule has 0 saturated carbocycles. The number of fused-ring (bicyclic) bond motifs is 1. The molecule has 0 N–H and O–H groups in total. The van der Waals surface area contributed by atoms with Crippen molar-refractivity contribution in [2.24, 2.45) is 0 Å². The molecule has 0 bridgehead atoms. The summed E-state index contributed by atoms with van der Waals surface area (Å²) in [5, 5.41) is 0.580. The number of anilines is 1. The minimum absolute atomic E-state index is 0.336. The van der Waals surface area contributed by atoms with Gasteiger partial charge in [0.15, 0.2) is 11.7 Å². The molecule has 0 aliphatic carbocycles. The first-order valence-electron chi connectivity index (χ1n) is 9.28. The number of benzene rings is 2. The second kappa shape index (κ2) is 9.89. The minimum Gasteiger partial charge on any atom is -0.497 e. The molecular formula is C22H22N2O5S. The summed E-state index contributed by atoms with van der Waals surface area (Å²) in [6, 6.07) is 12.9. The lowest BCUT2D eigenvalue weighted by atomic mass is 10.1. The van der Waals surface area contributed by atoms with Gasteiger partial charge in [0.05, 0.1) is 24.4 Å². The largest absolute Gasteiger partial charge is 0.497 e. The van der Waals surface area contributed by atoms with Crippen LogP contribution in [-0.4, -0.2) is 44.2 Å². The van der Waals surface area contributed by atoms with Crippen molar-refractivity contribution in [1.29, 1.82) is 0 Å². The fourth-order valence-corrected chi connectivity index (χ4v) is 3.83. The van der Waals surface area contributed by atoms with Gasteiger partial charge < -0.3 is 14.2 Å². The number of aromatic nitrogens is 1. The van der Waals surface area contributed by atoms with Gasteiger partial charge in [0.1, 0.15) is 11.5 Å². The van der Waals surface area contributed by atoms with E-state index < -0.39 is 5.97 Å². The molecule has 0 fully saturated rings. The summed E-state index contributed by atoms with van der Waals surface area (Å²) in [7, 11) is 3.09. The summed E-state index contributed by atoms with van der Waals surface area (Å²) in [6.45, 7) is 1.90. The molecule has 1 aromatic heterocycles. The van der Waals surface area contributed by atoms with Gasteiger partial charge >= 0.3 is 5.97 Å². The van der Waals surface area contributed by atoms with Crippen molar-refractivity contribution in [1.82, 2.24) is 4.98 Å². The van der Waals surface area contributed by atoms with Gasteiger partial charge in [-0.15, -0.1) is 0 Å². The standard InChI is InChI=1S/C22H22N2O5S/c1-4-24(22-23-17-7-5-6-8-19(17)30-22)20(25)14-29-21(26)12-9-15-13-16(27-2)10-11-18(15)28-3/h5-13H,4,14H2,1-3H3/b12-9+. The van der Waals surface area contributed by atoms with E-state index in [0.717, 1.165) is 10.2 Å². The van der Waals surface area contributed by atoms with Gasteiger partial charge in [0, 0.05) is 18.2 Å². The topological polar surface area (TPSA) is 78.0 Å². The molecule has 3 rings (SSSR count). The molecular weight excluding hydrogens is 404 g/mol. The number of ether oxygens (including phenoxy) is 3. The van der Waals surface area contributed by atoms with Crippen LogP contribution in [0.1, 0.15) is 12.5 Å². The normalized spacial score (nSPS) is 10.9. The van der Waals surface area contributed by atoms with Crippen molar-refractivity contribution >= 4 is 44.6 Å². The lowest BCUT2D eigenvalue weighted by Gasteiger charge is -2.17. The smallest absolute Gasteiger partial charge is 0.331 e. The van der Waals surface area contributed by atoms with Crippen LogP contribution in [0.5, 0.6) is 11.5 Å². The molecule has 8 heteroatoms. The molecule has 2 aromatic carbocycles. The summed E-state index contributed by atoms with van der Waals surface area (Å²) in [5.74, 6) is 0.253. The Bertz CT molecular complexity index is 1040. The highest BCUT2D eigenvalue weighted by atomic mass is 32.1. The Kier molecular flexibility index (Phi) is 7.03. The van der Waals surface area contributed by atoms with Crippen LogP contribution in [0.2, 0.25) is 0 Å². The minimum atomic E-state index is -0.631. The number of carbonyl (C=O) groups is 2. The van der Waals surface area contributed by atoms with E-state index in [-0.39, 0.29) is 12.5 Å². The Labute approximate surface area is 178 Å². The van der Waals surface area contributed by atoms with Crippen LogP contribution in [0, 0.1) is 0 Å². The molecule has 30 heavy (non-hydrogen) atoms. The zero-order valence-electron chi connectivity index (χ0n) is 17.0. The molecule has 0 radical (unpaired) electrons. The van der Waals surface area contributed by atoms with Crippen molar-refractivity contribution in [3.8, 4) is 11.5 Å². The summed E-state index contributed by atoms with van der Waals surface area (Å²) < 4.78 is 16.6. The predicted molar refractivity (Wildman–Crippen MR) is 117 cm³/mol. The lowest BCUT2D eigenvalue weighted by Crippen LogP contribution is -2.34. The number of amides is 1. The molecule has 1 heterocycles. The molecule has 0 atom stereocenters. The Morgan fingerprint density at radius 3 is 2.63 bits per heavy atom. The number of nitrogens with zero attached hydrogens (tertiary/aromatic N) is 2. The first-order valence-corrected chi connectivity index (χ1v) is 10.1. The molecule has 0 aliphatic rings. The number of hydrogen-bond acceptors (Lipinski definition) is 7. The average Bonchev–Trinajstić information content (AvgIpc) is 3.20. The average molecular weight is 426 g/mol. The second-order valence-electron chi connectivity index (χ2n) is 6.15. The van der Waals surface area contributed by atoms with Gasteiger partial charge in [-0.05, 0) is 43.3 Å². The molecule has 0 saturated heterocycles. The number of carbonyl (C=O) groups excluding carboxylic acids is 2. The van der Waals surface area contributed by atoms with Crippen molar-refractivity contribution in [3.05, 3.63) is 54.1 Å². The van der Waals surface area contributed by atoms with E-state index in [1.807, 2.05) is 31.2 Å². The summed E-state index contributed by atoms with van der Waals surface area (Å²) in [6.07, 6.45) is 2.80. The number of likely N-dealkylation sites (N-methyl/N-ethyl adjacent to an activating group) is 1. The van der Waals surface area contributed by atoms with Crippen LogP contribution in [0.25, 0.3) is 16.3 Å². The predicted octanol–water partition coefficient (Wildman–Crippen LogP) is 3.92. The highest BCUT2D eigenvalue weighted by molar-refractivity contribution is 7.22. The van der Waals surface area contributed by atoms with E-state index >= 15 is 0 Å². The zero-order valence-corrected chi connectivity index (χ0v) is 17.8. The van der Waals surface area contributed by atoms with E-state index in [2.05, 4.69) is 4.98 Å². The van der Waals surface area contributed by atoms with Gasteiger partial charge in [0.25, 0.3) is 5.91 Å². The van der Waals surface area contributed by atoms with Gasteiger partial charge in [-0.1, -0.05) is 23.5 Å². The van der Waals surface area contributed by atoms with Gasteiger partial charge in [-0.25, -0.2) is 9.78 Å². The Hall–Kier alpha value is -3.39. The molecule has 0 aliphatic heterocycles. The maximum Gasteiger partial charge on any atom is 0.331 e. The van der Waals surface area contributed by atoms with Crippen LogP contribution in [-0.2, 0) is 14.3 Å². The van der Waals surface area contributed by atoms with Gasteiger partial charge in [-0.2, -0.15) is 0 Å². The zero-order chi connectivity index (χ0) is 21.5. The number of hydrogen-bond donors (Lipinski definition) is 0. The van der Waals surface area contributed by atoms with Crippen LogP contribution in [0.4, 0.5) is 5.13 Å². The third-order valence-corrected chi connectivity index (χ3v) is 5.36. The lowest BCUT2D eigenvalue weighted by molar-refractivity contribution is -0.142. The SMILES string of the molecule is CCN(C(=O)COC(=O)/C=C/c1cc(OC)ccc1OC)c1nc2ccccc2s1. The van der Waals surface area contributed by atoms with Crippen molar-refractivity contribution in [3.63, 3.8) is 0 Å². The quantitative estimate of drug-likeness (QED) is 0.401. The first kappa shape index (κ1) is 21.3. The van der Waals surface area contributed by atoms with E-state index in [1.54, 1.807) is 31.4 Å². The number of rotatable bonds is 8. The Morgan fingerprint density at radius 2 is 1.93 bits per heavy atom. The van der Waals surface area contributed by atoms with E-state index in [0.29, 0.717) is 28.7 Å². The van der Waals surface area contributed by atoms with Gasteiger partial charge in [-0.3, -0.25) is 9.69 Å². The van der Waals surface area contributed by atoms with Gasteiger partial charge in [0.2, 0.25) is 0 Å². The van der Waals surface area contributed by atoms with E-state index in [1.165, 1.54) is 29.4 Å².